The van der Waals surface area contributed by atoms with Gasteiger partial charge in [-0.25, -0.2) is 9.37 Å². The number of carbonyl (C=O) groups excluding carboxylic acids is 1. The molecule has 1 aliphatic rings. The normalized spacial score (nSPS) is 14.5. The SMILES string of the molecule is O=C(NCCc1ccccc1F)c1ccc(NC2CCCC2)cn1. The van der Waals surface area contributed by atoms with E-state index in [9.17, 15) is 9.18 Å². The molecule has 0 unspecified atom stereocenters. The molecule has 0 radical (unpaired) electrons. The Bertz CT molecular complexity index is 681. The molecule has 1 saturated carbocycles. The summed E-state index contributed by atoms with van der Waals surface area (Å²) < 4.78 is 13.5. The van der Waals surface area contributed by atoms with E-state index in [2.05, 4.69) is 15.6 Å². The van der Waals surface area contributed by atoms with E-state index in [1.165, 1.54) is 31.7 Å². The number of carbonyl (C=O) groups is 1. The van der Waals surface area contributed by atoms with E-state index in [0.717, 1.165) is 5.69 Å². The van der Waals surface area contributed by atoms with Crippen molar-refractivity contribution in [2.45, 2.75) is 38.1 Å². The average molecular weight is 327 g/mol. The zero-order valence-electron chi connectivity index (χ0n) is 13.6. The number of pyridine rings is 1. The lowest BCUT2D eigenvalue weighted by Crippen LogP contribution is -2.26. The third-order valence-corrected chi connectivity index (χ3v) is 4.36. The number of aromatic nitrogens is 1. The van der Waals surface area contributed by atoms with Crippen LogP contribution >= 0.6 is 0 Å². The second-order valence-electron chi connectivity index (χ2n) is 6.16. The number of halogens is 1. The van der Waals surface area contributed by atoms with E-state index >= 15 is 0 Å². The Hall–Kier alpha value is -2.43. The van der Waals surface area contributed by atoms with E-state index in [1.54, 1.807) is 30.5 Å². The van der Waals surface area contributed by atoms with Crippen molar-refractivity contribution in [3.05, 3.63) is 59.7 Å². The van der Waals surface area contributed by atoms with Crippen LogP contribution in [0.3, 0.4) is 0 Å². The van der Waals surface area contributed by atoms with Crippen molar-refractivity contribution in [1.82, 2.24) is 10.3 Å². The summed E-state index contributed by atoms with van der Waals surface area (Å²) in [6.07, 6.45) is 7.08. The Morgan fingerprint density at radius 1 is 1.17 bits per heavy atom. The first kappa shape index (κ1) is 16.4. The Balaban J connectivity index is 1.48. The van der Waals surface area contributed by atoms with E-state index in [1.807, 2.05) is 6.07 Å². The predicted octanol–water partition coefficient (Wildman–Crippen LogP) is 3.55. The van der Waals surface area contributed by atoms with Gasteiger partial charge in [-0.1, -0.05) is 31.0 Å². The number of benzene rings is 1. The van der Waals surface area contributed by atoms with Gasteiger partial charge in [0.25, 0.3) is 5.91 Å². The zero-order valence-corrected chi connectivity index (χ0v) is 13.6. The molecular weight excluding hydrogens is 305 g/mol. The van der Waals surface area contributed by atoms with Crippen LogP contribution in [0.25, 0.3) is 0 Å². The van der Waals surface area contributed by atoms with Gasteiger partial charge in [-0.15, -0.1) is 0 Å². The molecule has 5 heteroatoms. The van der Waals surface area contributed by atoms with E-state index in [4.69, 9.17) is 0 Å². The molecule has 1 aliphatic carbocycles. The quantitative estimate of drug-likeness (QED) is 0.853. The number of anilines is 1. The van der Waals surface area contributed by atoms with Crippen LogP contribution in [0.15, 0.2) is 42.6 Å². The molecule has 0 atom stereocenters. The molecule has 1 aromatic carbocycles. The molecular formula is C19H22FN3O. The van der Waals surface area contributed by atoms with Gasteiger partial charge in [-0.2, -0.15) is 0 Å². The molecule has 24 heavy (non-hydrogen) atoms. The molecule has 126 valence electrons. The summed E-state index contributed by atoms with van der Waals surface area (Å²) in [6.45, 7) is 0.378. The number of hydrogen-bond donors (Lipinski definition) is 2. The van der Waals surface area contributed by atoms with Gasteiger partial charge >= 0.3 is 0 Å². The van der Waals surface area contributed by atoms with Crippen molar-refractivity contribution in [1.29, 1.82) is 0 Å². The molecule has 0 spiro atoms. The topological polar surface area (TPSA) is 54.0 Å². The lowest BCUT2D eigenvalue weighted by atomic mass is 10.1. The molecule has 2 aromatic rings. The summed E-state index contributed by atoms with van der Waals surface area (Å²) in [6, 6.07) is 10.7. The standard InChI is InChI=1S/C19H22FN3O/c20-17-8-4-1-5-14(17)11-12-21-19(24)18-10-9-16(13-22-18)23-15-6-2-3-7-15/h1,4-5,8-10,13,15,23H,2-3,6-7,11-12H2,(H,21,24). The highest BCUT2D eigenvalue weighted by atomic mass is 19.1. The van der Waals surface area contributed by atoms with Crippen LogP contribution in [0.2, 0.25) is 0 Å². The predicted molar refractivity (Wildman–Crippen MR) is 92.6 cm³/mol. The Morgan fingerprint density at radius 2 is 1.96 bits per heavy atom. The third-order valence-electron chi connectivity index (χ3n) is 4.36. The van der Waals surface area contributed by atoms with E-state index in [0.29, 0.717) is 30.3 Å². The maximum atomic E-state index is 13.5. The Kier molecular flexibility index (Phi) is 5.41. The maximum absolute atomic E-state index is 13.5. The molecule has 4 nitrogen and oxygen atoms in total. The van der Waals surface area contributed by atoms with Crippen molar-refractivity contribution in [3.8, 4) is 0 Å². The fraction of sp³-hybridized carbons (Fsp3) is 0.368. The van der Waals surface area contributed by atoms with Gasteiger partial charge < -0.3 is 10.6 Å². The fourth-order valence-corrected chi connectivity index (χ4v) is 3.02. The van der Waals surface area contributed by atoms with Crippen LogP contribution in [-0.2, 0) is 6.42 Å². The first-order chi connectivity index (χ1) is 11.7. The first-order valence-corrected chi connectivity index (χ1v) is 8.46. The van der Waals surface area contributed by atoms with Crippen LogP contribution < -0.4 is 10.6 Å². The van der Waals surface area contributed by atoms with Gasteiger partial charge in [0.2, 0.25) is 0 Å². The molecule has 2 N–H and O–H groups in total. The van der Waals surface area contributed by atoms with Gasteiger partial charge in [0.15, 0.2) is 0 Å². The summed E-state index contributed by atoms with van der Waals surface area (Å²) >= 11 is 0. The molecule has 1 aromatic heterocycles. The average Bonchev–Trinajstić information content (AvgIpc) is 3.10. The Labute approximate surface area is 141 Å². The van der Waals surface area contributed by atoms with Crippen LogP contribution in [0, 0.1) is 5.82 Å². The fourth-order valence-electron chi connectivity index (χ4n) is 3.02. The highest BCUT2D eigenvalue weighted by Crippen LogP contribution is 2.21. The number of nitrogens with zero attached hydrogens (tertiary/aromatic N) is 1. The molecule has 1 heterocycles. The second kappa shape index (κ2) is 7.90. The largest absolute Gasteiger partial charge is 0.381 e. The van der Waals surface area contributed by atoms with Crippen molar-refractivity contribution in [2.24, 2.45) is 0 Å². The summed E-state index contributed by atoms with van der Waals surface area (Å²) in [5.41, 5.74) is 1.92. The molecule has 0 bridgehead atoms. The zero-order chi connectivity index (χ0) is 16.8. The number of rotatable bonds is 6. The van der Waals surface area contributed by atoms with Gasteiger partial charge in [0.1, 0.15) is 11.5 Å². The number of nitrogens with one attached hydrogen (secondary N) is 2. The Morgan fingerprint density at radius 3 is 2.67 bits per heavy atom. The van der Waals surface area contributed by atoms with Crippen LogP contribution in [0.5, 0.6) is 0 Å². The molecule has 1 amide bonds. The minimum absolute atomic E-state index is 0.237. The third kappa shape index (κ3) is 4.31. The monoisotopic (exact) mass is 327 g/mol. The second-order valence-corrected chi connectivity index (χ2v) is 6.16. The smallest absolute Gasteiger partial charge is 0.269 e. The summed E-state index contributed by atoms with van der Waals surface area (Å²) in [5, 5.41) is 6.22. The van der Waals surface area contributed by atoms with Crippen molar-refractivity contribution >= 4 is 11.6 Å². The van der Waals surface area contributed by atoms with Crippen LogP contribution in [-0.4, -0.2) is 23.5 Å². The minimum Gasteiger partial charge on any atom is -0.381 e. The summed E-state index contributed by atoms with van der Waals surface area (Å²) in [7, 11) is 0. The van der Waals surface area contributed by atoms with Gasteiger partial charge in [0.05, 0.1) is 11.9 Å². The van der Waals surface area contributed by atoms with E-state index < -0.39 is 0 Å². The summed E-state index contributed by atoms with van der Waals surface area (Å²) in [5.74, 6) is -0.481. The maximum Gasteiger partial charge on any atom is 0.269 e. The number of hydrogen-bond acceptors (Lipinski definition) is 3. The molecule has 0 aliphatic heterocycles. The van der Waals surface area contributed by atoms with E-state index in [-0.39, 0.29) is 11.7 Å². The van der Waals surface area contributed by atoms with Gasteiger partial charge in [-0.3, -0.25) is 4.79 Å². The highest BCUT2D eigenvalue weighted by Gasteiger charge is 2.15. The van der Waals surface area contributed by atoms with Crippen molar-refractivity contribution < 1.29 is 9.18 Å². The lowest BCUT2D eigenvalue weighted by Gasteiger charge is -2.13. The molecule has 3 rings (SSSR count). The van der Waals surface area contributed by atoms with Crippen LogP contribution in [0.4, 0.5) is 10.1 Å². The first-order valence-electron chi connectivity index (χ1n) is 8.46. The van der Waals surface area contributed by atoms with Crippen molar-refractivity contribution in [2.75, 3.05) is 11.9 Å². The highest BCUT2D eigenvalue weighted by molar-refractivity contribution is 5.92. The minimum atomic E-state index is -0.243. The summed E-state index contributed by atoms with van der Waals surface area (Å²) in [4.78, 5) is 16.3. The van der Waals surface area contributed by atoms with Crippen molar-refractivity contribution in [3.63, 3.8) is 0 Å². The van der Waals surface area contributed by atoms with Gasteiger partial charge in [0, 0.05) is 12.6 Å². The van der Waals surface area contributed by atoms with Crippen LogP contribution in [0.1, 0.15) is 41.7 Å². The number of amides is 1. The lowest BCUT2D eigenvalue weighted by molar-refractivity contribution is 0.0949. The van der Waals surface area contributed by atoms with Gasteiger partial charge in [-0.05, 0) is 43.0 Å². The molecule has 0 saturated heterocycles. The molecule has 1 fully saturated rings.